The lowest BCUT2D eigenvalue weighted by molar-refractivity contribution is 0.333. The van der Waals surface area contributed by atoms with Crippen LogP contribution in [0.25, 0.3) is 0 Å². The highest BCUT2D eigenvalue weighted by molar-refractivity contribution is 8.00. The Morgan fingerprint density at radius 1 is 1.31 bits per heavy atom. The maximum absolute atomic E-state index is 3.82. The second-order valence-corrected chi connectivity index (χ2v) is 6.69. The van der Waals surface area contributed by atoms with E-state index in [1.54, 1.807) is 0 Å². The van der Waals surface area contributed by atoms with E-state index >= 15 is 0 Å². The van der Waals surface area contributed by atoms with E-state index in [0.717, 1.165) is 6.04 Å². The molecule has 3 rings (SSSR count). The molecule has 0 aromatic carbocycles. The van der Waals surface area contributed by atoms with Crippen molar-refractivity contribution in [3.63, 3.8) is 0 Å². The molecule has 3 heterocycles. The summed E-state index contributed by atoms with van der Waals surface area (Å²) in [5.74, 6) is 1.28. The molecule has 0 radical (unpaired) electrons. The van der Waals surface area contributed by atoms with Crippen molar-refractivity contribution in [1.29, 1.82) is 0 Å². The van der Waals surface area contributed by atoms with Crippen molar-refractivity contribution >= 4 is 11.8 Å². The van der Waals surface area contributed by atoms with E-state index in [2.05, 4.69) is 34.5 Å². The lowest BCUT2D eigenvalue weighted by atomic mass is 9.90. The first-order chi connectivity index (χ1) is 7.86. The van der Waals surface area contributed by atoms with Crippen LogP contribution >= 0.6 is 11.8 Å². The number of nitrogens with one attached hydrogen (secondary N) is 2. The second kappa shape index (κ2) is 4.71. The van der Waals surface area contributed by atoms with Crippen LogP contribution in [-0.4, -0.2) is 29.3 Å². The zero-order chi connectivity index (χ0) is 10.8. The highest BCUT2D eigenvalue weighted by Crippen LogP contribution is 2.36. The zero-order valence-corrected chi connectivity index (χ0v) is 10.7. The van der Waals surface area contributed by atoms with Gasteiger partial charge in [0.1, 0.15) is 0 Å². The molecule has 90 valence electrons. The van der Waals surface area contributed by atoms with E-state index in [0.29, 0.717) is 10.9 Å². The monoisotopic (exact) mass is 238 g/mol. The average Bonchev–Trinajstić information content (AvgIpc) is 2.89. The second-order valence-electron chi connectivity index (χ2n) is 5.38. The highest BCUT2D eigenvalue weighted by Gasteiger charge is 2.38. The molecule has 0 spiro atoms. The number of fused-ring (bicyclic) bond motifs is 2. The standard InChI is InChI=1S/C13H22N2S/c1-3-11-5-8-13(6-1,15-11)7-2-4-12-14-9-10-16-12/h2,7,11-12,14-15H,1,3-6,8-10H2. The lowest BCUT2D eigenvalue weighted by Crippen LogP contribution is -2.44. The van der Waals surface area contributed by atoms with Crippen molar-refractivity contribution < 1.29 is 0 Å². The molecule has 0 amide bonds. The Morgan fingerprint density at radius 3 is 3.19 bits per heavy atom. The van der Waals surface area contributed by atoms with Gasteiger partial charge in [0.15, 0.2) is 0 Å². The summed E-state index contributed by atoms with van der Waals surface area (Å²) in [5.41, 5.74) is 0.381. The van der Waals surface area contributed by atoms with Gasteiger partial charge in [-0.05, 0) is 38.5 Å². The minimum absolute atomic E-state index is 0.381. The minimum atomic E-state index is 0.381. The third kappa shape index (κ3) is 2.31. The van der Waals surface area contributed by atoms with Crippen LogP contribution in [0.2, 0.25) is 0 Å². The van der Waals surface area contributed by atoms with Gasteiger partial charge in [-0.15, -0.1) is 11.8 Å². The van der Waals surface area contributed by atoms with Crippen molar-refractivity contribution in [3.05, 3.63) is 12.2 Å². The number of hydrogen-bond acceptors (Lipinski definition) is 3. The Bertz CT molecular complexity index is 269. The Kier molecular flexibility index (Phi) is 3.27. The van der Waals surface area contributed by atoms with Crippen LogP contribution in [0.15, 0.2) is 12.2 Å². The molecule has 0 saturated carbocycles. The predicted molar refractivity (Wildman–Crippen MR) is 70.7 cm³/mol. The van der Waals surface area contributed by atoms with Crippen LogP contribution in [0.5, 0.6) is 0 Å². The Balaban J connectivity index is 1.54. The summed E-state index contributed by atoms with van der Waals surface area (Å²) in [6, 6.07) is 0.817. The minimum Gasteiger partial charge on any atom is -0.305 e. The van der Waals surface area contributed by atoms with Crippen molar-refractivity contribution in [2.24, 2.45) is 0 Å². The third-order valence-corrected chi connectivity index (χ3v) is 5.39. The lowest BCUT2D eigenvalue weighted by Gasteiger charge is -2.32. The highest BCUT2D eigenvalue weighted by atomic mass is 32.2. The van der Waals surface area contributed by atoms with Crippen LogP contribution in [0.1, 0.15) is 38.5 Å². The summed E-state index contributed by atoms with van der Waals surface area (Å²) in [6.07, 6.45) is 13.0. The summed E-state index contributed by atoms with van der Waals surface area (Å²) in [4.78, 5) is 0. The fourth-order valence-corrected chi connectivity index (χ4v) is 4.33. The van der Waals surface area contributed by atoms with Crippen molar-refractivity contribution in [2.45, 2.75) is 55.5 Å². The Hall–Kier alpha value is 0.0100. The SMILES string of the molecule is C(=CC12CCCC(CC1)N2)CC1NCCS1. The molecule has 16 heavy (non-hydrogen) atoms. The molecule has 3 saturated heterocycles. The van der Waals surface area contributed by atoms with Crippen LogP contribution in [0, 0.1) is 0 Å². The van der Waals surface area contributed by atoms with Gasteiger partial charge in [0, 0.05) is 23.9 Å². The van der Waals surface area contributed by atoms with Crippen LogP contribution < -0.4 is 10.6 Å². The summed E-state index contributed by atoms with van der Waals surface area (Å²) >= 11 is 2.06. The molecule has 0 aliphatic carbocycles. The van der Waals surface area contributed by atoms with Gasteiger partial charge in [-0.3, -0.25) is 0 Å². The van der Waals surface area contributed by atoms with Crippen molar-refractivity contribution in [1.82, 2.24) is 10.6 Å². The van der Waals surface area contributed by atoms with Crippen molar-refractivity contribution in [2.75, 3.05) is 12.3 Å². The average molecular weight is 238 g/mol. The molecule has 0 aromatic rings. The molecule has 2 bridgehead atoms. The zero-order valence-electron chi connectivity index (χ0n) is 9.87. The summed E-state index contributed by atoms with van der Waals surface area (Å²) in [7, 11) is 0. The molecule has 2 N–H and O–H groups in total. The largest absolute Gasteiger partial charge is 0.305 e. The number of piperidine rings is 1. The van der Waals surface area contributed by atoms with Gasteiger partial charge < -0.3 is 10.6 Å². The van der Waals surface area contributed by atoms with Gasteiger partial charge in [-0.1, -0.05) is 12.2 Å². The number of thioether (sulfide) groups is 1. The Labute approximate surface area is 103 Å². The maximum Gasteiger partial charge on any atom is 0.0567 e. The van der Waals surface area contributed by atoms with Crippen LogP contribution in [0.4, 0.5) is 0 Å². The third-order valence-electron chi connectivity index (χ3n) is 4.19. The van der Waals surface area contributed by atoms with Crippen molar-refractivity contribution in [3.8, 4) is 0 Å². The molecular formula is C13H22N2S. The first kappa shape index (κ1) is 11.1. The molecule has 3 aliphatic heterocycles. The summed E-state index contributed by atoms with van der Waals surface area (Å²) < 4.78 is 0. The topological polar surface area (TPSA) is 24.1 Å². The van der Waals surface area contributed by atoms with E-state index in [-0.39, 0.29) is 0 Å². The van der Waals surface area contributed by atoms with Gasteiger partial charge in [-0.25, -0.2) is 0 Å². The summed E-state index contributed by atoms with van der Waals surface area (Å²) in [6.45, 7) is 1.19. The maximum atomic E-state index is 3.82. The number of rotatable bonds is 3. The molecule has 3 atom stereocenters. The van der Waals surface area contributed by atoms with E-state index in [1.165, 1.54) is 50.8 Å². The molecule has 2 nitrogen and oxygen atoms in total. The van der Waals surface area contributed by atoms with Crippen LogP contribution in [0.3, 0.4) is 0 Å². The molecule has 0 aromatic heterocycles. The first-order valence-electron chi connectivity index (χ1n) is 6.67. The Morgan fingerprint density at radius 2 is 2.31 bits per heavy atom. The molecule has 3 heteroatoms. The smallest absolute Gasteiger partial charge is 0.0567 e. The fourth-order valence-electron chi connectivity index (χ4n) is 3.32. The van der Waals surface area contributed by atoms with Gasteiger partial charge in [0.25, 0.3) is 0 Å². The molecule has 3 aliphatic rings. The molecular weight excluding hydrogens is 216 g/mol. The molecule has 3 unspecified atom stereocenters. The van der Waals surface area contributed by atoms with Gasteiger partial charge in [0.05, 0.1) is 5.37 Å². The fraction of sp³-hybridized carbons (Fsp3) is 0.846. The van der Waals surface area contributed by atoms with E-state index in [1.807, 2.05) is 0 Å². The van der Waals surface area contributed by atoms with Gasteiger partial charge in [-0.2, -0.15) is 0 Å². The predicted octanol–water partition coefficient (Wildman–Crippen LogP) is 2.27. The normalized spacial score (nSPS) is 43.2. The number of hydrogen-bond donors (Lipinski definition) is 2. The van der Waals surface area contributed by atoms with E-state index < -0.39 is 0 Å². The van der Waals surface area contributed by atoms with Gasteiger partial charge in [0.2, 0.25) is 0 Å². The molecule has 3 fully saturated rings. The van der Waals surface area contributed by atoms with E-state index in [4.69, 9.17) is 0 Å². The first-order valence-corrected chi connectivity index (χ1v) is 7.72. The quantitative estimate of drug-likeness (QED) is 0.738. The van der Waals surface area contributed by atoms with Gasteiger partial charge >= 0.3 is 0 Å². The van der Waals surface area contributed by atoms with E-state index in [9.17, 15) is 0 Å². The van der Waals surface area contributed by atoms with Crippen LogP contribution in [-0.2, 0) is 0 Å². The summed E-state index contributed by atoms with van der Waals surface area (Å²) in [5, 5.41) is 8.02.